The number of benzene rings is 2. The molecule has 0 saturated carbocycles. The van der Waals surface area contributed by atoms with Gasteiger partial charge in [0.1, 0.15) is 18.2 Å². The molecule has 7 nitrogen and oxygen atoms in total. The lowest BCUT2D eigenvalue weighted by atomic mass is 10.1. The predicted molar refractivity (Wildman–Crippen MR) is 127 cm³/mol. The van der Waals surface area contributed by atoms with E-state index in [1.54, 1.807) is 12.4 Å². The summed E-state index contributed by atoms with van der Waals surface area (Å²) in [5.41, 5.74) is 4.16. The lowest BCUT2D eigenvalue weighted by Crippen LogP contribution is -2.38. The molecule has 0 unspecified atom stereocenters. The fourth-order valence-corrected chi connectivity index (χ4v) is 3.68. The molecule has 3 aromatic rings. The van der Waals surface area contributed by atoms with Crippen molar-refractivity contribution in [3.05, 3.63) is 77.9 Å². The van der Waals surface area contributed by atoms with E-state index in [0.29, 0.717) is 19.0 Å². The average Bonchev–Trinajstić information content (AvgIpc) is 2.85. The highest BCUT2D eigenvalue weighted by Crippen LogP contribution is 2.21. The number of carbonyl (C=O) groups is 1. The van der Waals surface area contributed by atoms with Crippen molar-refractivity contribution < 1.29 is 14.3 Å². The van der Waals surface area contributed by atoms with Gasteiger partial charge in [0.05, 0.1) is 19.6 Å². The Morgan fingerprint density at radius 3 is 2.55 bits per heavy atom. The average molecular weight is 447 g/mol. The van der Waals surface area contributed by atoms with E-state index < -0.39 is 0 Å². The molecule has 7 heteroatoms. The Kier molecular flexibility index (Phi) is 8.00. The van der Waals surface area contributed by atoms with Gasteiger partial charge in [-0.05, 0) is 30.2 Å². The zero-order valence-electron chi connectivity index (χ0n) is 19.0. The first-order valence-electron chi connectivity index (χ1n) is 11.3. The molecule has 4 rings (SSSR count). The molecule has 1 amide bonds. The fourth-order valence-electron chi connectivity index (χ4n) is 3.68. The minimum Gasteiger partial charge on any atom is -0.492 e. The topological polar surface area (TPSA) is 76.6 Å². The van der Waals surface area contributed by atoms with Gasteiger partial charge in [-0.25, -0.2) is 9.97 Å². The van der Waals surface area contributed by atoms with Gasteiger partial charge in [0.2, 0.25) is 5.91 Å². The molecule has 1 aliphatic rings. The van der Waals surface area contributed by atoms with Crippen molar-refractivity contribution >= 4 is 5.91 Å². The summed E-state index contributed by atoms with van der Waals surface area (Å²) in [6.45, 7) is 7.62. The highest BCUT2D eigenvalue weighted by atomic mass is 16.5. The molecule has 1 aliphatic heterocycles. The van der Waals surface area contributed by atoms with Crippen LogP contribution < -0.4 is 10.1 Å². The monoisotopic (exact) mass is 446 g/mol. The zero-order valence-corrected chi connectivity index (χ0v) is 19.0. The van der Waals surface area contributed by atoms with Crippen LogP contribution in [0.4, 0.5) is 0 Å². The number of nitrogens with zero attached hydrogens (tertiary/aromatic N) is 3. The molecule has 0 radical (unpaired) electrons. The minimum absolute atomic E-state index is 0.0946. The van der Waals surface area contributed by atoms with Gasteiger partial charge >= 0.3 is 0 Å². The molecular weight excluding hydrogens is 416 g/mol. The van der Waals surface area contributed by atoms with E-state index in [1.165, 1.54) is 5.56 Å². The molecule has 1 N–H and O–H groups in total. The van der Waals surface area contributed by atoms with Gasteiger partial charge in [-0.3, -0.25) is 9.69 Å². The SMILES string of the molecule is Cc1cccc(CNC(=O)Cc2ncc(-c3ccc(OCCN4CCOCC4)cc3)cn2)c1. The Balaban J connectivity index is 1.23. The van der Waals surface area contributed by atoms with Gasteiger partial charge < -0.3 is 14.8 Å². The van der Waals surface area contributed by atoms with E-state index in [1.807, 2.05) is 49.4 Å². The zero-order chi connectivity index (χ0) is 22.9. The second-order valence-corrected chi connectivity index (χ2v) is 8.16. The highest BCUT2D eigenvalue weighted by Gasteiger charge is 2.10. The molecule has 172 valence electrons. The third-order valence-corrected chi connectivity index (χ3v) is 5.56. The van der Waals surface area contributed by atoms with Gasteiger partial charge in [0, 0.05) is 44.1 Å². The Bertz CT molecular complexity index is 1030. The number of amides is 1. The van der Waals surface area contributed by atoms with Crippen molar-refractivity contribution in [1.82, 2.24) is 20.2 Å². The molecule has 0 bridgehead atoms. The smallest absolute Gasteiger partial charge is 0.227 e. The van der Waals surface area contributed by atoms with E-state index >= 15 is 0 Å². The van der Waals surface area contributed by atoms with Crippen LogP contribution in [0.2, 0.25) is 0 Å². The fraction of sp³-hybridized carbons (Fsp3) is 0.346. The molecule has 1 aromatic heterocycles. The summed E-state index contributed by atoms with van der Waals surface area (Å²) in [6.07, 6.45) is 3.66. The Labute approximate surface area is 194 Å². The lowest BCUT2D eigenvalue weighted by molar-refractivity contribution is -0.120. The number of ether oxygens (including phenoxy) is 2. The summed E-state index contributed by atoms with van der Waals surface area (Å²) in [4.78, 5) is 23.3. The first-order valence-corrected chi connectivity index (χ1v) is 11.3. The largest absolute Gasteiger partial charge is 0.492 e. The molecule has 0 atom stereocenters. The Morgan fingerprint density at radius 2 is 1.82 bits per heavy atom. The van der Waals surface area contributed by atoms with E-state index in [2.05, 4.69) is 26.3 Å². The number of carbonyl (C=O) groups excluding carboxylic acids is 1. The van der Waals surface area contributed by atoms with Crippen molar-refractivity contribution in [1.29, 1.82) is 0 Å². The van der Waals surface area contributed by atoms with Crippen LogP contribution in [0.5, 0.6) is 5.75 Å². The highest BCUT2D eigenvalue weighted by molar-refractivity contribution is 5.77. The van der Waals surface area contributed by atoms with Gasteiger partial charge in [-0.2, -0.15) is 0 Å². The summed E-state index contributed by atoms with van der Waals surface area (Å²) in [5, 5.41) is 2.92. The second kappa shape index (κ2) is 11.5. The molecule has 2 aromatic carbocycles. The van der Waals surface area contributed by atoms with E-state index in [-0.39, 0.29) is 12.3 Å². The molecular formula is C26H30N4O3. The van der Waals surface area contributed by atoms with Crippen molar-refractivity contribution in [2.75, 3.05) is 39.5 Å². The van der Waals surface area contributed by atoms with Crippen LogP contribution in [0, 0.1) is 6.92 Å². The van der Waals surface area contributed by atoms with Crippen LogP contribution >= 0.6 is 0 Å². The molecule has 1 fully saturated rings. The number of nitrogens with one attached hydrogen (secondary N) is 1. The van der Waals surface area contributed by atoms with Crippen molar-refractivity contribution in [2.24, 2.45) is 0 Å². The molecule has 1 saturated heterocycles. The standard InChI is InChI=1S/C26H30N4O3/c1-20-3-2-4-21(15-20)17-29-26(31)16-25-27-18-23(19-28-25)22-5-7-24(8-6-22)33-14-11-30-9-12-32-13-10-30/h2-8,15,18-19H,9-14,16-17H2,1H3,(H,29,31). The van der Waals surface area contributed by atoms with E-state index in [4.69, 9.17) is 9.47 Å². The first-order chi connectivity index (χ1) is 16.2. The van der Waals surface area contributed by atoms with Crippen LogP contribution in [0.3, 0.4) is 0 Å². The summed E-state index contributed by atoms with van der Waals surface area (Å²) < 4.78 is 11.2. The van der Waals surface area contributed by atoms with Crippen molar-refractivity contribution in [2.45, 2.75) is 19.9 Å². The molecule has 33 heavy (non-hydrogen) atoms. The number of hydrogen-bond acceptors (Lipinski definition) is 6. The van der Waals surface area contributed by atoms with E-state index in [9.17, 15) is 4.79 Å². The number of aromatic nitrogens is 2. The molecule has 0 aliphatic carbocycles. The predicted octanol–water partition coefficient (Wildman–Crippen LogP) is 3.02. The van der Waals surface area contributed by atoms with Gasteiger partial charge in [-0.15, -0.1) is 0 Å². The Morgan fingerprint density at radius 1 is 1.06 bits per heavy atom. The number of aryl methyl sites for hydroxylation is 1. The van der Waals surface area contributed by atoms with Crippen LogP contribution in [0.15, 0.2) is 60.9 Å². The first kappa shape index (κ1) is 22.9. The van der Waals surface area contributed by atoms with Gasteiger partial charge in [0.25, 0.3) is 0 Å². The third-order valence-electron chi connectivity index (χ3n) is 5.56. The maximum absolute atomic E-state index is 12.2. The lowest BCUT2D eigenvalue weighted by Gasteiger charge is -2.26. The van der Waals surface area contributed by atoms with Gasteiger partial charge in [-0.1, -0.05) is 42.0 Å². The van der Waals surface area contributed by atoms with Gasteiger partial charge in [0.15, 0.2) is 0 Å². The quantitative estimate of drug-likeness (QED) is 0.545. The normalized spacial score (nSPS) is 14.1. The van der Waals surface area contributed by atoms with Crippen molar-refractivity contribution in [3.8, 4) is 16.9 Å². The number of morpholine rings is 1. The maximum atomic E-state index is 12.2. The second-order valence-electron chi connectivity index (χ2n) is 8.16. The number of rotatable bonds is 9. The van der Waals surface area contributed by atoms with Crippen LogP contribution in [0.1, 0.15) is 17.0 Å². The maximum Gasteiger partial charge on any atom is 0.227 e. The molecule has 0 spiro atoms. The van der Waals surface area contributed by atoms with E-state index in [0.717, 1.165) is 55.3 Å². The summed E-state index contributed by atoms with van der Waals surface area (Å²) in [5.74, 6) is 1.25. The van der Waals surface area contributed by atoms with Crippen LogP contribution in [-0.2, 0) is 22.5 Å². The number of hydrogen-bond donors (Lipinski definition) is 1. The molecule has 2 heterocycles. The summed E-state index contributed by atoms with van der Waals surface area (Å²) in [6, 6.07) is 16.0. The summed E-state index contributed by atoms with van der Waals surface area (Å²) in [7, 11) is 0. The Hall–Kier alpha value is -3.29. The summed E-state index contributed by atoms with van der Waals surface area (Å²) >= 11 is 0. The third kappa shape index (κ3) is 7.10. The van der Waals surface area contributed by atoms with Crippen molar-refractivity contribution in [3.63, 3.8) is 0 Å². The van der Waals surface area contributed by atoms with Crippen LogP contribution in [0.25, 0.3) is 11.1 Å². The van der Waals surface area contributed by atoms with Crippen LogP contribution in [-0.4, -0.2) is 60.2 Å². The minimum atomic E-state index is -0.0946.